The molecule has 1 aliphatic rings. The van der Waals surface area contributed by atoms with E-state index >= 15 is 0 Å². The molecule has 1 aromatic carbocycles. The van der Waals surface area contributed by atoms with Crippen LogP contribution in [0.25, 0.3) is 11.4 Å². The first-order valence-corrected chi connectivity index (χ1v) is 8.03. The molecular formula is C17H20N4O3. The van der Waals surface area contributed by atoms with Crippen molar-refractivity contribution in [1.29, 1.82) is 0 Å². The van der Waals surface area contributed by atoms with Crippen molar-refractivity contribution in [3.63, 3.8) is 0 Å². The van der Waals surface area contributed by atoms with Crippen molar-refractivity contribution < 1.29 is 9.66 Å². The summed E-state index contributed by atoms with van der Waals surface area (Å²) in [6.45, 7) is 6.18. The third-order valence-corrected chi connectivity index (χ3v) is 4.15. The number of hydrogen-bond acceptors (Lipinski definition) is 6. The smallest absolute Gasteiger partial charge is 0.270 e. The third kappa shape index (κ3) is 3.35. The molecule has 0 spiro atoms. The molecule has 7 heteroatoms. The topological polar surface area (TPSA) is 81.4 Å². The first-order valence-electron chi connectivity index (χ1n) is 8.03. The quantitative estimate of drug-likeness (QED) is 0.634. The molecule has 0 bridgehead atoms. The van der Waals surface area contributed by atoms with Gasteiger partial charge in [0.25, 0.3) is 5.69 Å². The fourth-order valence-corrected chi connectivity index (χ4v) is 2.88. The Hall–Kier alpha value is -2.54. The van der Waals surface area contributed by atoms with Gasteiger partial charge in [-0.25, -0.2) is 9.97 Å². The molecular weight excluding hydrogens is 308 g/mol. The molecule has 126 valence electrons. The Balaban J connectivity index is 2.00. The standard InChI is InChI=1S/C17H20N4O3/c1-3-14-11-24-8-7-20(14)16-9-12(2)18-17(19-16)13-5-4-6-15(10-13)21(22)23/h4-6,9-10,14H,3,7-8,11H2,1-2H3. The van der Waals surface area contributed by atoms with Crippen LogP contribution in [0, 0.1) is 17.0 Å². The highest BCUT2D eigenvalue weighted by atomic mass is 16.6. The molecule has 24 heavy (non-hydrogen) atoms. The van der Waals surface area contributed by atoms with E-state index < -0.39 is 4.92 Å². The Labute approximate surface area is 140 Å². The fraction of sp³-hybridized carbons (Fsp3) is 0.412. The summed E-state index contributed by atoms with van der Waals surface area (Å²) in [4.78, 5) is 21.9. The lowest BCUT2D eigenvalue weighted by Gasteiger charge is -2.36. The molecule has 0 radical (unpaired) electrons. The number of nitro benzene ring substituents is 1. The summed E-state index contributed by atoms with van der Waals surface area (Å²) in [6, 6.07) is 8.66. The van der Waals surface area contributed by atoms with Gasteiger partial charge in [-0.2, -0.15) is 0 Å². The number of ether oxygens (including phenoxy) is 1. The number of nitrogens with zero attached hydrogens (tertiary/aromatic N) is 4. The zero-order chi connectivity index (χ0) is 17.1. The molecule has 1 aromatic heterocycles. The van der Waals surface area contributed by atoms with Gasteiger partial charge in [0.2, 0.25) is 0 Å². The van der Waals surface area contributed by atoms with Gasteiger partial charge in [0.1, 0.15) is 5.82 Å². The number of nitro groups is 1. The van der Waals surface area contributed by atoms with Crippen LogP contribution in [0.4, 0.5) is 11.5 Å². The number of benzene rings is 1. The van der Waals surface area contributed by atoms with Crippen molar-refractivity contribution in [1.82, 2.24) is 9.97 Å². The Morgan fingerprint density at radius 2 is 2.21 bits per heavy atom. The van der Waals surface area contributed by atoms with Crippen LogP contribution in [0.5, 0.6) is 0 Å². The number of anilines is 1. The maximum Gasteiger partial charge on any atom is 0.270 e. The van der Waals surface area contributed by atoms with Gasteiger partial charge in [0, 0.05) is 36.0 Å². The van der Waals surface area contributed by atoms with E-state index in [1.54, 1.807) is 12.1 Å². The summed E-state index contributed by atoms with van der Waals surface area (Å²) < 4.78 is 5.55. The Bertz CT molecular complexity index is 750. The van der Waals surface area contributed by atoms with Gasteiger partial charge in [-0.3, -0.25) is 10.1 Å². The monoisotopic (exact) mass is 328 g/mol. The summed E-state index contributed by atoms with van der Waals surface area (Å²) in [6.07, 6.45) is 0.967. The molecule has 0 aliphatic carbocycles. The minimum absolute atomic E-state index is 0.0389. The van der Waals surface area contributed by atoms with Gasteiger partial charge in [-0.05, 0) is 13.3 Å². The maximum atomic E-state index is 11.0. The average molecular weight is 328 g/mol. The van der Waals surface area contributed by atoms with Gasteiger partial charge in [0.15, 0.2) is 5.82 Å². The summed E-state index contributed by atoms with van der Waals surface area (Å²) in [5.74, 6) is 1.36. The van der Waals surface area contributed by atoms with Crippen molar-refractivity contribution >= 4 is 11.5 Å². The van der Waals surface area contributed by atoms with Crippen LogP contribution in [-0.2, 0) is 4.74 Å². The number of rotatable bonds is 4. The molecule has 0 N–H and O–H groups in total. The molecule has 1 saturated heterocycles. The molecule has 7 nitrogen and oxygen atoms in total. The lowest BCUT2D eigenvalue weighted by molar-refractivity contribution is -0.384. The predicted molar refractivity (Wildman–Crippen MR) is 91.1 cm³/mol. The molecule has 0 amide bonds. The van der Waals surface area contributed by atoms with E-state index in [0.717, 1.165) is 24.5 Å². The van der Waals surface area contributed by atoms with Crippen molar-refractivity contribution in [3.05, 3.63) is 46.1 Å². The van der Waals surface area contributed by atoms with Crippen LogP contribution < -0.4 is 4.90 Å². The first kappa shape index (κ1) is 16.3. The van der Waals surface area contributed by atoms with E-state index in [9.17, 15) is 10.1 Å². The molecule has 0 saturated carbocycles. The van der Waals surface area contributed by atoms with Gasteiger partial charge < -0.3 is 9.64 Å². The number of aromatic nitrogens is 2. The average Bonchev–Trinajstić information content (AvgIpc) is 2.61. The molecule has 1 atom stereocenters. The van der Waals surface area contributed by atoms with Crippen LogP contribution >= 0.6 is 0 Å². The SMILES string of the molecule is CCC1COCCN1c1cc(C)nc(-c2cccc([N+](=O)[O-])c2)n1. The predicted octanol–water partition coefficient (Wildman–Crippen LogP) is 2.98. The minimum Gasteiger partial charge on any atom is -0.377 e. The Morgan fingerprint density at radius 3 is 2.96 bits per heavy atom. The first-order chi connectivity index (χ1) is 11.6. The van der Waals surface area contributed by atoms with E-state index in [2.05, 4.69) is 21.8 Å². The molecule has 2 aromatic rings. The van der Waals surface area contributed by atoms with Crippen molar-refractivity contribution in [2.45, 2.75) is 26.3 Å². The van der Waals surface area contributed by atoms with E-state index in [0.29, 0.717) is 24.6 Å². The summed E-state index contributed by atoms with van der Waals surface area (Å²) >= 11 is 0. The second kappa shape index (κ2) is 6.92. The lowest BCUT2D eigenvalue weighted by Crippen LogP contribution is -2.45. The highest BCUT2D eigenvalue weighted by Gasteiger charge is 2.23. The van der Waals surface area contributed by atoms with E-state index in [1.165, 1.54) is 12.1 Å². The highest BCUT2D eigenvalue weighted by Crippen LogP contribution is 2.25. The zero-order valence-electron chi connectivity index (χ0n) is 13.8. The number of aryl methyl sites for hydroxylation is 1. The fourth-order valence-electron chi connectivity index (χ4n) is 2.88. The molecule has 1 unspecified atom stereocenters. The van der Waals surface area contributed by atoms with Gasteiger partial charge in [-0.1, -0.05) is 19.1 Å². The van der Waals surface area contributed by atoms with E-state index in [-0.39, 0.29) is 11.7 Å². The van der Waals surface area contributed by atoms with Crippen molar-refractivity contribution in [3.8, 4) is 11.4 Å². The number of non-ortho nitro benzene ring substituents is 1. The van der Waals surface area contributed by atoms with Gasteiger partial charge in [-0.15, -0.1) is 0 Å². The second-order valence-electron chi connectivity index (χ2n) is 5.83. The summed E-state index contributed by atoms with van der Waals surface area (Å²) in [7, 11) is 0. The maximum absolute atomic E-state index is 11.0. The van der Waals surface area contributed by atoms with E-state index in [4.69, 9.17) is 4.74 Å². The van der Waals surface area contributed by atoms with Crippen LogP contribution in [0.3, 0.4) is 0 Å². The van der Waals surface area contributed by atoms with Gasteiger partial charge >= 0.3 is 0 Å². The second-order valence-corrected chi connectivity index (χ2v) is 5.83. The number of morpholine rings is 1. The number of hydrogen-bond donors (Lipinski definition) is 0. The van der Waals surface area contributed by atoms with Crippen molar-refractivity contribution in [2.24, 2.45) is 0 Å². The van der Waals surface area contributed by atoms with Crippen LogP contribution in [-0.4, -0.2) is 40.7 Å². The Morgan fingerprint density at radius 1 is 1.38 bits per heavy atom. The van der Waals surface area contributed by atoms with Crippen LogP contribution in [0.1, 0.15) is 19.0 Å². The largest absolute Gasteiger partial charge is 0.377 e. The van der Waals surface area contributed by atoms with E-state index in [1.807, 2.05) is 13.0 Å². The van der Waals surface area contributed by atoms with Crippen LogP contribution in [0.2, 0.25) is 0 Å². The van der Waals surface area contributed by atoms with Crippen LogP contribution in [0.15, 0.2) is 30.3 Å². The van der Waals surface area contributed by atoms with Crippen molar-refractivity contribution in [2.75, 3.05) is 24.7 Å². The molecule has 1 fully saturated rings. The summed E-state index contributed by atoms with van der Waals surface area (Å²) in [5.41, 5.74) is 1.52. The molecule has 3 rings (SSSR count). The minimum atomic E-state index is -0.407. The highest BCUT2D eigenvalue weighted by molar-refractivity contribution is 5.61. The normalized spacial score (nSPS) is 17.8. The lowest BCUT2D eigenvalue weighted by atomic mass is 10.1. The molecule has 2 heterocycles. The van der Waals surface area contributed by atoms with Gasteiger partial charge in [0.05, 0.1) is 24.2 Å². The third-order valence-electron chi connectivity index (χ3n) is 4.15. The Kier molecular flexibility index (Phi) is 4.71. The summed E-state index contributed by atoms with van der Waals surface area (Å²) in [5, 5.41) is 11.0. The molecule has 1 aliphatic heterocycles. The zero-order valence-corrected chi connectivity index (χ0v) is 13.8.